The van der Waals surface area contributed by atoms with E-state index < -0.39 is 5.97 Å². The molecule has 156 valence electrons. The monoisotopic (exact) mass is 447 g/mol. The highest BCUT2D eigenvalue weighted by molar-refractivity contribution is 7.12. The number of fused-ring (bicyclic) bond motifs is 1. The van der Waals surface area contributed by atoms with Crippen molar-refractivity contribution < 1.29 is 14.3 Å². The number of nitrogens with zero attached hydrogens (tertiary/aromatic N) is 1. The second-order valence-electron chi connectivity index (χ2n) is 6.76. The SMILES string of the molecule is CCN(C(=O)COC(=O)/C(=C/c1cccs1)c1cccs1)c1cccc2ccccc12. The molecule has 0 unspecified atom stereocenters. The zero-order chi connectivity index (χ0) is 21.6. The molecule has 0 aliphatic carbocycles. The molecule has 4 aromatic rings. The van der Waals surface area contributed by atoms with Crippen LogP contribution in [0.4, 0.5) is 5.69 Å². The third-order valence-electron chi connectivity index (χ3n) is 4.84. The second kappa shape index (κ2) is 9.73. The van der Waals surface area contributed by atoms with Crippen molar-refractivity contribution >= 4 is 62.7 Å². The first-order valence-corrected chi connectivity index (χ1v) is 11.7. The maximum atomic E-state index is 13.0. The fourth-order valence-electron chi connectivity index (χ4n) is 3.39. The molecule has 0 aliphatic heterocycles. The molecule has 2 aromatic heterocycles. The third kappa shape index (κ3) is 4.76. The number of esters is 1. The van der Waals surface area contributed by atoms with Crippen LogP contribution in [-0.2, 0) is 14.3 Å². The van der Waals surface area contributed by atoms with Crippen molar-refractivity contribution in [1.29, 1.82) is 0 Å². The molecule has 0 saturated carbocycles. The predicted molar refractivity (Wildman–Crippen MR) is 129 cm³/mol. The molecule has 0 atom stereocenters. The van der Waals surface area contributed by atoms with Crippen LogP contribution in [-0.4, -0.2) is 25.0 Å². The molecule has 4 nitrogen and oxygen atoms in total. The van der Waals surface area contributed by atoms with Crippen molar-refractivity contribution in [2.75, 3.05) is 18.1 Å². The Morgan fingerprint density at radius 2 is 1.71 bits per heavy atom. The first-order chi connectivity index (χ1) is 15.2. The number of carbonyl (C=O) groups is 2. The Morgan fingerprint density at radius 3 is 2.45 bits per heavy atom. The highest BCUT2D eigenvalue weighted by Crippen LogP contribution is 2.28. The summed E-state index contributed by atoms with van der Waals surface area (Å²) in [6.07, 6.45) is 1.81. The molecule has 0 spiro atoms. The fraction of sp³-hybridized carbons (Fsp3) is 0.120. The molecule has 2 heterocycles. The summed E-state index contributed by atoms with van der Waals surface area (Å²) < 4.78 is 5.47. The molecule has 4 rings (SSSR count). The Labute approximate surface area is 189 Å². The van der Waals surface area contributed by atoms with E-state index in [-0.39, 0.29) is 12.5 Å². The summed E-state index contributed by atoms with van der Waals surface area (Å²) in [5, 5.41) is 5.91. The Kier molecular flexibility index (Phi) is 6.60. The average molecular weight is 448 g/mol. The van der Waals surface area contributed by atoms with Gasteiger partial charge in [-0.1, -0.05) is 48.5 Å². The van der Waals surface area contributed by atoms with Crippen LogP contribution in [0.5, 0.6) is 0 Å². The summed E-state index contributed by atoms with van der Waals surface area (Å²) in [5.74, 6) is -0.757. The standard InChI is InChI=1S/C25H21NO3S2/c1-2-26(22-12-5-9-18-8-3-4-11-20(18)22)24(27)17-29-25(28)21(23-13-7-15-31-23)16-19-10-6-14-30-19/h3-16H,2,17H2,1H3/b21-16+. The highest BCUT2D eigenvalue weighted by atomic mass is 32.1. The topological polar surface area (TPSA) is 46.6 Å². The van der Waals surface area contributed by atoms with Crippen LogP contribution in [0.2, 0.25) is 0 Å². The minimum atomic E-state index is -0.502. The summed E-state index contributed by atoms with van der Waals surface area (Å²) in [6, 6.07) is 21.4. The van der Waals surface area contributed by atoms with Crippen molar-refractivity contribution in [1.82, 2.24) is 0 Å². The minimum absolute atomic E-state index is 0.256. The summed E-state index contributed by atoms with van der Waals surface area (Å²) >= 11 is 3.01. The van der Waals surface area contributed by atoms with Crippen molar-refractivity contribution in [2.24, 2.45) is 0 Å². The number of thiophene rings is 2. The van der Waals surface area contributed by atoms with Crippen LogP contribution in [0.1, 0.15) is 16.7 Å². The Balaban J connectivity index is 1.53. The summed E-state index contributed by atoms with van der Waals surface area (Å²) in [6.45, 7) is 2.07. The lowest BCUT2D eigenvalue weighted by atomic mass is 10.1. The number of rotatable bonds is 7. The maximum absolute atomic E-state index is 13.0. The number of likely N-dealkylation sites (N-methyl/N-ethyl adjacent to an activating group) is 1. The predicted octanol–water partition coefficient (Wildman–Crippen LogP) is 6.10. The number of hydrogen-bond donors (Lipinski definition) is 0. The van der Waals surface area contributed by atoms with E-state index in [9.17, 15) is 9.59 Å². The Morgan fingerprint density at radius 1 is 0.935 bits per heavy atom. The lowest BCUT2D eigenvalue weighted by Crippen LogP contribution is -2.34. The van der Waals surface area contributed by atoms with Gasteiger partial charge in [-0.3, -0.25) is 4.79 Å². The molecule has 2 aromatic carbocycles. The normalized spacial score (nSPS) is 11.5. The average Bonchev–Trinajstić information content (AvgIpc) is 3.51. The lowest BCUT2D eigenvalue weighted by molar-refractivity contribution is -0.141. The molecule has 0 saturated heterocycles. The van der Waals surface area contributed by atoms with Gasteiger partial charge in [0.25, 0.3) is 5.91 Å². The summed E-state index contributed by atoms with van der Waals surface area (Å²) in [5.41, 5.74) is 1.27. The first-order valence-electron chi connectivity index (χ1n) is 9.91. The van der Waals surface area contributed by atoms with E-state index in [1.165, 1.54) is 11.3 Å². The van der Waals surface area contributed by atoms with Gasteiger partial charge in [0, 0.05) is 21.7 Å². The molecular weight excluding hydrogens is 426 g/mol. The number of carbonyl (C=O) groups excluding carboxylic acids is 2. The maximum Gasteiger partial charge on any atom is 0.340 e. The Bertz CT molecular complexity index is 1210. The highest BCUT2D eigenvalue weighted by Gasteiger charge is 2.21. The van der Waals surface area contributed by atoms with Crippen LogP contribution in [0.25, 0.3) is 22.4 Å². The third-order valence-corrected chi connectivity index (χ3v) is 6.56. The summed E-state index contributed by atoms with van der Waals surface area (Å²) in [4.78, 5) is 29.3. The van der Waals surface area contributed by atoms with Gasteiger partial charge < -0.3 is 9.64 Å². The van der Waals surface area contributed by atoms with Crippen molar-refractivity contribution in [3.05, 3.63) is 87.2 Å². The molecule has 31 heavy (non-hydrogen) atoms. The van der Waals surface area contributed by atoms with E-state index in [2.05, 4.69) is 0 Å². The van der Waals surface area contributed by atoms with Crippen molar-refractivity contribution in [2.45, 2.75) is 6.92 Å². The van der Waals surface area contributed by atoms with E-state index in [1.807, 2.05) is 90.5 Å². The van der Waals surface area contributed by atoms with E-state index in [4.69, 9.17) is 4.74 Å². The number of amides is 1. The quantitative estimate of drug-likeness (QED) is 0.254. The van der Waals surface area contributed by atoms with Gasteiger partial charge in [-0.05, 0) is 47.3 Å². The van der Waals surface area contributed by atoms with Crippen LogP contribution in [0, 0.1) is 0 Å². The zero-order valence-electron chi connectivity index (χ0n) is 17.0. The Hall–Kier alpha value is -3.22. The van der Waals surface area contributed by atoms with Gasteiger partial charge in [-0.2, -0.15) is 0 Å². The number of hydrogen-bond acceptors (Lipinski definition) is 5. The number of ether oxygens (including phenoxy) is 1. The van der Waals surface area contributed by atoms with E-state index >= 15 is 0 Å². The van der Waals surface area contributed by atoms with Crippen LogP contribution >= 0.6 is 22.7 Å². The molecular formula is C25H21NO3S2. The largest absolute Gasteiger partial charge is 0.452 e. The minimum Gasteiger partial charge on any atom is -0.452 e. The number of anilines is 1. The smallest absolute Gasteiger partial charge is 0.340 e. The first kappa shape index (κ1) is 21.0. The van der Waals surface area contributed by atoms with Crippen molar-refractivity contribution in [3.63, 3.8) is 0 Å². The summed E-state index contributed by atoms with van der Waals surface area (Å²) in [7, 11) is 0. The van der Waals surface area contributed by atoms with E-state index in [1.54, 1.807) is 16.2 Å². The van der Waals surface area contributed by atoms with E-state index in [0.29, 0.717) is 12.1 Å². The molecule has 1 amide bonds. The van der Waals surface area contributed by atoms with Gasteiger partial charge >= 0.3 is 5.97 Å². The molecule has 0 radical (unpaired) electrons. The fourth-order valence-corrected chi connectivity index (χ4v) is 4.77. The molecule has 0 fully saturated rings. The lowest BCUT2D eigenvalue weighted by Gasteiger charge is -2.22. The van der Waals surface area contributed by atoms with Gasteiger partial charge in [-0.25, -0.2) is 4.79 Å². The van der Waals surface area contributed by atoms with Gasteiger partial charge in [0.2, 0.25) is 0 Å². The zero-order valence-corrected chi connectivity index (χ0v) is 18.6. The molecule has 0 N–H and O–H groups in total. The second-order valence-corrected chi connectivity index (χ2v) is 8.69. The molecule has 0 aliphatic rings. The van der Waals surface area contributed by atoms with Gasteiger partial charge in [0.1, 0.15) is 0 Å². The van der Waals surface area contributed by atoms with Gasteiger partial charge in [-0.15, -0.1) is 22.7 Å². The number of benzene rings is 2. The van der Waals surface area contributed by atoms with Gasteiger partial charge in [0.15, 0.2) is 6.61 Å². The van der Waals surface area contributed by atoms with Crippen LogP contribution < -0.4 is 4.90 Å². The molecule has 0 bridgehead atoms. The van der Waals surface area contributed by atoms with Crippen molar-refractivity contribution in [3.8, 4) is 0 Å². The van der Waals surface area contributed by atoms with Gasteiger partial charge in [0.05, 0.1) is 11.3 Å². The van der Waals surface area contributed by atoms with E-state index in [0.717, 1.165) is 26.2 Å². The van der Waals surface area contributed by atoms with Crippen LogP contribution in [0.3, 0.4) is 0 Å². The molecule has 6 heteroatoms. The van der Waals surface area contributed by atoms with Crippen LogP contribution in [0.15, 0.2) is 77.5 Å².